The maximum absolute atomic E-state index is 12.6. The molecule has 148 valence electrons. The molecular weight excluding hydrogens is 344 g/mol. The molecule has 0 radical (unpaired) electrons. The first-order valence-corrected chi connectivity index (χ1v) is 9.59. The first kappa shape index (κ1) is 20.9. The number of hydrogen-bond acceptors (Lipinski definition) is 4. The standard InChI is InChI=1S/C21H30N2O4/c1-5-13-27-19(25)15-8-10-17(11-9-15)22-18(24)16-7-6-12-23(14-16)20(26)21(2,3)4/h8-11,16H,5-7,12-14H2,1-4H3,(H,22,24). The number of esters is 1. The van der Waals surface area contributed by atoms with Crippen molar-refractivity contribution < 1.29 is 19.1 Å². The average Bonchev–Trinajstić information content (AvgIpc) is 2.65. The van der Waals surface area contributed by atoms with Gasteiger partial charge in [0.2, 0.25) is 11.8 Å². The minimum atomic E-state index is -0.444. The summed E-state index contributed by atoms with van der Waals surface area (Å²) in [7, 11) is 0. The lowest BCUT2D eigenvalue weighted by molar-refractivity contribution is -0.142. The van der Waals surface area contributed by atoms with E-state index in [-0.39, 0.29) is 23.7 Å². The van der Waals surface area contributed by atoms with E-state index < -0.39 is 5.41 Å². The van der Waals surface area contributed by atoms with Gasteiger partial charge >= 0.3 is 5.97 Å². The number of benzene rings is 1. The Morgan fingerprint density at radius 3 is 2.44 bits per heavy atom. The molecule has 6 heteroatoms. The lowest BCUT2D eigenvalue weighted by Gasteiger charge is -2.35. The van der Waals surface area contributed by atoms with Crippen molar-refractivity contribution in [1.82, 2.24) is 4.90 Å². The normalized spacial score (nSPS) is 17.3. The van der Waals surface area contributed by atoms with Gasteiger partial charge < -0.3 is 15.0 Å². The lowest BCUT2D eigenvalue weighted by Crippen LogP contribution is -2.47. The zero-order valence-corrected chi connectivity index (χ0v) is 16.7. The molecule has 1 aliphatic heterocycles. The Morgan fingerprint density at radius 2 is 1.85 bits per heavy atom. The van der Waals surface area contributed by atoms with Crippen molar-refractivity contribution >= 4 is 23.5 Å². The van der Waals surface area contributed by atoms with Gasteiger partial charge in [-0.1, -0.05) is 27.7 Å². The minimum Gasteiger partial charge on any atom is -0.462 e. The number of nitrogens with zero attached hydrogens (tertiary/aromatic N) is 1. The van der Waals surface area contributed by atoms with Gasteiger partial charge in [-0.15, -0.1) is 0 Å². The molecule has 1 heterocycles. The molecule has 0 aliphatic carbocycles. The summed E-state index contributed by atoms with van der Waals surface area (Å²) in [6, 6.07) is 6.68. The van der Waals surface area contributed by atoms with Crippen molar-refractivity contribution in [3.63, 3.8) is 0 Å². The number of carbonyl (C=O) groups excluding carboxylic acids is 3. The fourth-order valence-electron chi connectivity index (χ4n) is 3.06. The summed E-state index contributed by atoms with van der Waals surface area (Å²) in [4.78, 5) is 38.7. The van der Waals surface area contributed by atoms with Crippen LogP contribution in [-0.4, -0.2) is 42.4 Å². The predicted molar refractivity (Wildman–Crippen MR) is 104 cm³/mol. The third kappa shape index (κ3) is 5.81. The summed E-state index contributed by atoms with van der Waals surface area (Å²) in [6.45, 7) is 9.16. The van der Waals surface area contributed by atoms with Crippen LogP contribution in [0.5, 0.6) is 0 Å². The van der Waals surface area contributed by atoms with E-state index in [0.717, 1.165) is 19.3 Å². The molecule has 1 aromatic rings. The number of anilines is 1. The number of piperidine rings is 1. The van der Waals surface area contributed by atoms with Gasteiger partial charge in [-0.25, -0.2) is 4.79 Å². The maximum Gasteiger partial charge on any atom is 0.338 e. The number of carbonyl (C=O) groups is 3. The molecule has 1 unspecified atom stereocenters. The highest BCUT2D eigenvalue weighted by molar-refractivity contribution is 5.94. The van der Waals surface area contributed by atoms with E-state index in [9.17, 15) is 14.4 Å². The molecular formula is C21H30N2O4. The number of ether oxygens (including phenoxy) is 1. The maximum atomic E-state index is 12.6. The molecule has 1 saturated heterocycles. The third-order valence-corrected chi connectivity index (χ3v) is 4.55. The number of nitrogens with one attached hydrogen (secondary N) is 1. The van der Waals surface area contributed by atoms with Crippen molar-refractivity contribution in [2.24, 2.45) is 11.3 Å². The molecule has 2 amide bonds. The summed E-state index contributed by atoms with van der Waals surface area (Å²) in [5, 5.41) is 2.89. The van der Waals surface area contributed by atoms with Gasteiger partial charge in [0.05, 0.1) is 18.1 Å². The molecule has 1 N–H and O–H groups in total. The van der Waals surface area contributed by atoms with Crippen molar-refractivity contribution in [2.45, 2.75) is 47.0 Å². The third-order valence-electron chi connectivity index (χ3n) is 4.55. The van der Waals surface area contributed by atoms with Crippen molar-refractivity contribution in [3.05, 3.63) is 29.8 Å². The van der Waals surface area contributed by atoms with Gasteiger partial charge in [0.15, 0.2) is 0 Å². The van der Waals surface area contributed by atoms with Gasteiger partial charge in [0, 0.05) is 24.2 Å². The van der Waals surface area contributed by atoms with Crippen molar-refractivity contribution in [1.29, 1.82) is 0 Å². The average molecular weight is 374 g/mol. The van der Waals surface area contributed by atoms with Gasteiger partial charge in [-0.3, -0.25) is 9.59 Å². The zero-order chi connectivity index (χ0) is 20.0. The highest BCUT2D eigenvalue weighted by Gasteiger charge is 2.33. The first-order valence-electron chi connectivity index (χ1n) is 9.59. The molecule has 2 rings (SSSR count). The van der Waals surface area contributed by atoms with Crippen LogP contribution < -0.4 is 5.32 Å². The minimum absolute atomic E-state index is 0.0787. The first-order chi connectivity index (χ1) is 12.7. The Balaban J connectivity index is 1.94. The monoisotopic (exact) mass is 374 g/mol. The summed E-state index contributed by atoms with van der Waals surface area (Å²) >= 11 is 0. The SMILES string of the molecule is CCCOC(=O)c1ccc(NC(=O)C2CCCN(C(=O)C(C)(C)C)C2)cc1. The quantitative estimate of drug-likeness (QED) is 0.801. The highest BCUT2D eigenvalue weighted by atomic mass is 16.5. The second-order valence-corrected chi connectivity index (χ2v) is 8.04. The van der Waals surface area contributed by atoms with E-state index in [1.807, 2.05) is 27.7 Å². The molecule has 27 heavy (non-hydrogen) atoms. The van der Waals surface area contributed by atoms with Gasteiger partial charge in [-0.2, -0.15) is 0 Å². The summed E-state index contributed by atoms with van der Waals surface area (Å²) in [5.74, 6) is -0.602. The van der Waals surface area contributed by atoms with Crippen LogP contribution in [0, 0.1) is 11.3 Å². The Kier molecular flexibility index (Phi) is 6.99. The van der Waals surface area contributed by atoms with Crippen LogP contribution in [0.4, 0.5) is 5.69 Å². The number of amides is 2. The Bertz CT molecular complexity index is 676. The number of likely N-dealkylation sites (tertiary alicyclic amines) is 1. The van der Waals surface area contributed by atoms with Crippen LogP contribution in [0.1, 0.15) is 57.3 Å². The summed E-state index contributed by atoms with van der Waals surface area (Å²) < 4.78 is 5.09. The Labute approximate surface area is 161 Å². The molecule has 1 aromatic carbocycles. The highest BCUT2D eigenvalue weighted by Crippen LogP contribution is 2.24. The van der Waals surface area contributed by atoms with Crippen LogP contribution >= 0.6 is 0 Å². The molecule has 0 aromatic heterocycles. The molecule has 6 nitrogen and oxygen atoms in total. The Morgan fingerprint density at radius 1 is 1.19 bits per heavy atom. The van der Waals surface area contributed by atoms with Crippen molar-refractivity contribution in [3.8, 4) is 0 Å². The lowest BCUT2D eigenvalue weighted by atomic mass is 9.91. The zero-order valence-electron chi connectivity index (χ0n) is 16.7. The summed E-state index contributed by atoms with van der Waals surface area (Å²) in [6.07, 6.45) is 2.36. The molecule has 1 atom stereocenters. The molecule has 1 aliphatic rings. The van der Waals surface area contributed by atoms with E-state index in [2.05, 4.69) is 5.32 Å². The topological polar surface area (TPSA) is 75.7 Å². The second-order valence-electron chi connectivity index (χ2n) is 8.04. The molecule has 0 spiro atoms. The largest absolute Gasteiger partial charge is 0.462 e. The van der Waals surface area contributed by atoms with E-state index in [1.54, 1.807) is 29.2 Å². The van der Waals surface area contributed by atoms with Crippen LogP contribution in [0.15, 0.2) is 24.3 Å². The fraction of sp³-hybridized carbons (Fsp3) is 0.571. The fourth-order valence-corrected chi connectivity index (χ4v) is 3.06. The van der Waals surface area contributed by atoms with Crippen molar-refractivity contribution in [2.75, 3.05) is 25.0 Å². The Hall–Kier alpha value is -2.37. The van der Waals surface area contributed by atoms with Gasteiger partial charge in [-0.05, 0) is 43.5 Å². The van der Waals surface area contributed by atoms with E-state index in [4.69, 9.17) is 4.74 Å². The van der Waals surface area contributed by atoms with Gasteiger partial charge in [0.1, 0.15) is 0 Å². The van der Waals surface area contributed by atoms with Crippen LogP contribution in [0.2, 0.25) is 0 Å². The summed E-state index contributed by atoms with van der Waals surface area (Å²) in [5.41, 5.74) is 0.646. The number of rotatable bonds is 5. The predicted octanol–water partition coefficient (Wildman–Crippen LogP) is 3.48. The second kappa shape index (κ2) is 9.02. The van der Waals surface area contributed by atoms with Crippen LogP contribution in [-0.2, 0) is 14.3 Å². The molecule has 1 fully saturated rings. The van der Waals surface area contributed by atoms with Gasteiger partial charge in [0.25, 0.3) is 0 Å². The van der Waals surface area contributed by atoms with E-state index in [1.165, 1.54) is 0 Å². The molecule has 0 bridgehead atoms. The van der Waals surface area contributed by atoms with E-state index >= 15 is 0 Å². The van der Waals surface area contributed by atoms with E-state index in [0.29, 0.717) is 30.9 Å². The molecule has 0 saturated carbocycles. The number of hydrogen-bond donors (Lipinski definition) is 1. The van der Waals surface area contributed by atoms with Crippen LogP contribution in [0.3, 0.4) is 0 Å². The van der Waals surface area contributed by atoms with Crippen LogP contribution in [0.25, 0.3) is 0 Å². The smallest absolute Gasteiger partial charge is 0.338 e.